The van der Waals surface area contributed by atoms with Gasteiger partial charge in [0.05, 0.1) is 36.3 Å². The second-order valence-electron chi connectivity index (χ2n) is 9.60. The molecule has 0 aromatic carbocycles. The fraction of sp³-hybridized carbons (Fsp3) is 0.583. The molecule has 2 fully saturated rings. The smallest absolute Gasteiger partial charge is 0.227 e. The molecule has 0 radical (unpaired) electrons. The number of nitrogens with zero attached hydrogens (tertiary/aromatic N) is 7. The molecule has 3 atom stereocenters. The Bertz CT molecular complexity index is 1180. The summed E-state index contributed by atoms with van der Waals surface area (Å²) >= 11 is 0. The van der Waals surface area contributed by atoms with Crippen molar-refractivity contribution in [2.75, 3.05) is 54.5 Å². The van der Waals surface area contributed by atoms with E-state index in [4.69, 9.17) is 9.84 Å². The van der Waals surface area contributed by atoms with Crippen LogP contribution in [0.3, 0.4) is 0 Å². The third-order valence-electron chi connectivity index (χ3n) is 7.02. The maximum Gasteiger partial charge on any atom is 0.227 e. The predicted molar refractivity (Wildman–Crippen MR) is 133 cm³/mol. The van der Waals surface area contributed by atoms with Crippen molar-refractivity contribution in [3.8, 4) is 0 Å². The van der Waals surface area contributed by atoms with Crippen LogP contribution in [0.4, 0.5) is 27.8 Å². The van der Waals surface area contributed by atoms with E-state index in [9.17, 15) is 9.50 Å². The van der Waals surface area contributed by atoms with Gasteiger partial charge in [-0.3, -0.25) is 4.68 Å². The first-order chi connectivity index (χ1) is 16.9. The molecule has 35 heavy (non-hydrogen) atoms. The van der Waals surface area contributed by atoms with Gasteiger partial charge in [-0.25, -0.2) is 14.4 Å². The summed E-state index contributed by atoms with van der Waals surface area (Å²) in [5.74, 6) is 2.57. The third kappa shape index (κ3) is 4.74. The highest BCUT2D eigenvalue weighted by molar-refractivity contribution is 5.92. The molecule has 3 aromatic heterocycles. The SMILES string of the molecule is CCC(C)n1nc(N2CCOCC2)c2cnc(Nc3ccnc(N4CC[C@](C)(O)[C@H](F)C4)n3)cc21. The number of morpholine rings is 1. The van der Waals surface area contributed by atoms with Gasteiger partial charge in [0.15, 0.2) is 5.82 Å². The van der Waals surface area contributed by atoms with Gasteiger partial charge in [0, 0.05) is 44.1 Å². The Balaban J connectivity index is 1.41. The van der Waals surface area contributed by atoms with Gasteiger partial charge in [0.2, 0.25) is 5.95 Å². The molecule has 0 spiro atoms. The second-order valence-corrected chi connectivity index (χ2v) is 9.60. The molecular formula is C24H33FN8O2. The summed E-state index contributed by atoms with van der Waals surface area (Å²) in [5.41, 5.74) is -0.309. The van der Waals surface area contributed by atoms with Crippen LogP contribution in [0.15, 0.2) is 24.5 Å². The number of hydrogen-bond donors (Lipinski definition) is 2. The summed E-state index contributed by atoms with van der Waals surface area (Å²) in [6.07, 6.45) is 3.42. The molecule has 5 heterocycles. The standard InChI is InChI=1S/C24H33FN8O2/c1-4-16(2)33-18-13-21(27-14-17(18)22(30-33)31-9-11-35-12-10-31)28-20-5-7-26-23(29-20)32-8-6-24(3,34)19(25)15-32/h5,7,13-14,16,19,34H,4,6,8-12,15H2,1-3H3,(H,26,27,28,29)/t16?,19-,24+/m1/s1. The number of nitrogens with one attached hydrogen (secondary N) is 1. The molecule has 2 N–H and O–H groups in total. The van der Waals surface area contributed by atoms with Crippen molar-refractivity contribution in [3.63, 3.8) is 0 Å². The maximum absolute atomic E-state index is 14.4. The number of halogens is 1. The Morgan fingerprint density at radius 1 is 1.23 bits per heavy atom. The molecule has 188 valence electrons. The molecule has 2 saturated heterocycles. The molecule has 0 saturated carbocycles. The number of piperidine rings is 1. The molecular weight excluding hydrogens is 451 g/mol. The van der Waals surface area contributed by atoms with Crippen molar-refractivity contribution in [3.05, 3.63) is 24.5 Å². The lowest BCUT2D eigenvalue weighted by Crippen LogP contribution is -2.52. The van der Waals surface area contributed by atoms with E-state index in [2.05, 4.69) is 43.7 Å². The first kappa shape index (κ1) is 23.7. The van der Waals surface area contributed by atoms with Crippen LogP contribution in [0.2, 0.25) is 0 Å². The fourth-order valence-corrected chi connectivity index (χ4v) is 4.49. The number of anilines is 4. The normalized spacial score (nSPS) is 24.1. The van der Waals surface area contributed by atoms with Gasteiger partial charge in [0.25, 0.3) is 0 Å². The van der Waals surface area contributed by atoms with Gasteiger partial charge >= 0.3 is 0 Å². The van der Waals surface area contributed by atoms with Crippen molar-refractivity contribution in [1.29, 1.82) is 0 Å². The van der Waals surface area contributed by atoms with Gasteiger partial charge in [0.1, 0.15) is 17.8 Å². The maximum atomic E-state index is 14.4. The van der Waals surface area contributed by atoms with Crippen LogP contribution < -0.4 is 15.1 Å². The highest BCUT2D eigenvalue weighted by Gasteiger charge is 2.38. The molecule has 10 nitrogen and oxygen atoms in total. The molecule has 1 unspecified atom stereocenters. The van der Waals surface area contributed by atoms with Gasteiger partial charge in [-0.1, -0.05) is 6.92 Å². The van der Waals surface area contributed by atoms with E-state index >= 15 is 0 Å². The number of aliphatic hydroxyl groups is 1. The van der Waals surface area contributed by atoms with Crippen LogP contribution in [0.5, 0.6) is 0 Å². The van der Waals surface area contributed by atoms with Gasteiger partial charge in [-0.15, -0.1) is 0 Å². The molecule has 0 aliphatic carbocycles. The van der Waals surface area contributed by atoms with Crippen molar-refractivity contribution in [2.24, 2.45) is 0 Å². The number of alkyl halides is 1. The summed E-state index contributed by atoms with van der Waals surface area (Å²) in [6.45, 7) is 9.38. The van der Waals surface area contributed by atoms with Crippen LogP contribution in [0.1, 0.15) is 39.7 Å². The van der Waals surface area contributed by atoms with Gasteiger partial charge in [-0.2, -0.15) is 10.1 Å². The zero-order valence-electron chi connectivity index (χ0n) is 20.5. The van der Waals surface area contributed by atoms with Crippen molar-refractivity contribution >= 4 is 34.3 Å². The Morgan fingerprint density at radius 2 is 2.03 bits per heavy atom. The van der Waals surface area contributed by atoms with Gasteiger partial charge in [-0.05, 0) is 32.8 Å². The number of pyridine rings is 1. The zero-order chi connectivity index (χ0) is 24.6. The number of ether oxygens (including phenoxy) is 1. The van der Waals surface area contributed by atoms with Crippen molar-refractivity contribution in [2.45, 2.75) is 51.4 Å². The molecule has 11 heteroatoms. The molecule has 0 amide bonds. The highest BCUT2D eigenvalue weighted by Crippen LogP contribution is 2.32. The van der Waals surface area contributed by atoms with Crippen LogP contribution in [-0.2, 0) is 4.74 Å². The van der Waals surface area contributed by atoms with Crippen molar-refractivity contribution in [1.82, 2.24) is 24.7 Å². The monoisotopic (exact) mass is 484 g/mol. The zero-order valence-corrected chi connectivity index (χ0v) is 20.5. The quantitative estimate of drug-likeness (QED) is 0.546. The molecule has 2 aliphatic heterocycles. The number of aromatic nitrogens is 5. The third-order valence-corrected chi connectivity index (χ3v) is 7.02. The van der Waals surface area contributed by atoms with E-state index in [1.807, 2.05) is 12.3 Å². The largest absolute Gasteiger partial charge is 0.387 e. The second kappa shape index (κ2) is 9.54. The van der Waals surface area contributed by atoms with E-state index in [1.54, 1.807) is 17.2 Å². The predicted octanol–water partition coefficient (Wildman–Crippen LogP) is 3.07. The lowest BCUT2D eigenvalue weighted by atomic mass is 9.92. The summed E-state index contributed by atoms with van der Waals surface area (Å²) in [5, 5.41) is 19.4. The minimum atomic E-state index is -1.36. The molecule has 2 aliphatic rings. The van der Waals surface area contributed by atoms with E-state index in [1.165, 1.54) is 6.92 Å². The minimum absolute atomic E-state index is 0.0546. The summed E-state index contributed by atoms with van der Waals surface area (Å²) in [6, 6.07) is 3.99. The fourth-order valence-electron chi connectivity index (χ4n) is 4.49. The first-order valence-corrected chi connectivity index (χ1v) is 12.3. The van der Waals surface area contributed by atoms with E-state index in [0.29, 0.717) is 43.8 Å². The molecule has 5 rings (SSSR count). The summed E-state index contributed by atoms with van der Waals surface area (Å²) in [4.78, 5) is 17.5. The van der Waals surface area contributed by atoms with E-state index in [0.717, 1.165) is 36.2 Å². The van der Waals surface area contributed by atoms with Crippen LogP contribution in [0, 0.1) is 0 Å². The Morgan fingerprint density at radius 3 is 2.77 bits per heavy atom. The van der Waals surface area contributed by atoms with Crippen LogP contribution >= 0.6 is 0 Å². The molecule has 0 bridgehead atoms. The number of fused-ring (bicyclic) bond motifs is 1. The summed E-state index contributed by atoms with van der Waals surface area (Å²) in [7, 11) is 0. The van der Waals surface area contributed by atoms with Crippen LogP contribution in [-0.4, -0.2) is 81.0 Å². The summed E-state index contributed by atoms with van der Waals surface area (Å²) < 4.78 is 22.0. The minimum Gasteiger partial charge on any atom is -0.387 e. The van der Waals surface area contributed by atoms with Crippen LogP contribution in [0.25, 0.3) is 10.9 Å². The van der Waals surface area contributed by atoms with E-state index < -0.39 is 11.8 Å². The Labute approximate surface area is 204 Å². The number of hydrogen-bond acceptors (Lipinski definition) is 9. The lowest BCUT2D eigenvalue weighted by molar-refractivity contribution is -0.0332. The number of rotatable bonds is 6. The Hall–Kier alpha value is -3.05. The van der Waals surface area contributed by atoms with Crippen molar-refractivity contribution < 1.29 is 14.2 Å². The lowest BCUT2D eigenvalue weighted by Gasteiger charge is -2.38. The topological polar surface area (TPSA) is 104 Å². The van der Waals surface area contributed by atoms with E-state index in [-0.39, 0.29) is 12.6 Å². The van der Waals surface area contributed by atoms with Gasteiger partial charge < -0.3 is 25.0 Å². The highest BCUT2D eigenvalue weighted by atomic mass is 19.1. The Kier molecular flexibility index (Phi) is 6.45. The average molecular weight is 485 g/mol. The molecule has 3 aromatic rings. The first-order valence-electron chi connectivity index (χ1n) is 12.3. The average Bonchev–Trinajstić information content (AvgIpc) is 3.25.